The van der Waals surface area contributed by atoms with Crippen LogP contribution in [0, 0.1) is 0 Å². The molecule has 19 heavy (non-hydrogen) atoms. The fraction of sp³-hybridized carbons (Fsp3) is 0.200. The van der Waals surface area contributed by atoms with E-state index in [1.165, 1.54) is 0 Å². The predicted molar refractivity (Wildman–Crippen MR) is 81.3 cm³/mol. The van der Waals surface area contributed by atoms with Gasteiger partial charge in [0.25, 0.3) is 0 Å². The topological polar surface area (TPSA) is 18.5 Å². The molecule has 2 aromatic carbocycles. The van der Waals surface area contributed by atoms with Crippen LogP contribution >= 0.6 is 27.5 Å². The van der Waals surface area contributed by atoms with Gasteiger partial charge in [0.15, 0.2) is 0 Å². The van der Waals surface area contributed by atoms with Gasteiger partial charge in [-0.1, -0.05) is 45.7 Å². The molecule has 0 radical (unpaired) electrons. The van der Waals surface area contributed by atoms with Crippen molar-refractivity contribution in [3.63, 3.8) is 0 Å². The van der Waals surface area contributed by atoms with E-state index in [0.717, 1.165) is 28.0 Å². The van der Waals surface area contributed by atoms with Gasteiger partial charge in [0.05, 0.1) is 6.61 Å². The lowest BCUT2D eigenvalue weighted by Crippen LogP contribution is -1.90. The third-order valence-electron chi connectivity index (χ3n) is 2.61. The van der Waals surface area contributed by atoms with Gasteiger partial charge in [0, 0.05) is 17.5 Å². The summed E-state index contributed by atoms with van der Waals surface area (Å²) in [6.07, 6.45) is 0. The number of benzene rings is 2. The summed E-state index contributed by atoms with van der Waals surface area (Å²) in [6, 6.07) is 13.5. The number of hydrogen-bond acceptors (Lipinski definition) is 2. The minimum atomic E-state index is 0.570. The third-order valence-corrected chi connectivity index (χ3v) is 3.57. The average Bonchev–Trinajstić information content (AvgIpc) is 2.40. The summed E-state index contributed by atoms with van der Waals surface area (Å²) < 4.78 is 10.9. The van der Waals surface area contributed by atoms with Crippen molar-refractivity contribution >= 4 is 27.5 Å². The highest BCUT2D eigenvalue weighted by Gasteiger charge is 2.03. The van der Waals surface area contributed by atoms with E-state index in [1.54, 1.807) is 7.11 Å². The van der Waals surface area contributed by atoms with E-state index in [9.17, 15) is 0 Å². The second-order valence-electron chi connectivity index (χ2n) is 4.07. The highest BCUT2D eigenvalue weighted by molar-refractivity contribution is 9.08. The monoisotopic (exact) mass is 340 g/mol. The Labute approximate surface area is 126 Å². The van der Waals surface area contributed by atoms with Crippen LogP contribution < -0.4 is 4.74 Å². The van der Waals surface area contributed by atoms with Crippen molar-refractivity contribution in [2.24, 2.45) is 0 Å². The Morgan fingerprint density at radius 2 is 1.89 bits per heavy atom. The van der Waals surface area contributed by atoms with Crippen molar-refractivity contribution in [3.8, 4) is 11.5 Å². The number of hydrogen-bond donors (Lipinski definition) is 0. The number of ether oxygens (including phenoxy) is 2. The molecule has 4 heteroatoms. The van der Waals surface area contributed by atoms with E-state index in [-0.39, 0.29) is 0 Å². The van der Waals surface area contributed by atoms with Crippen molar-refractivity contribution in [2.75, 3.05) is 7.11 Å². The normalized spacial score (nSPS) is 10.5. The Hall–Kier alpha value is -1.03. The fourth-order valence-electron chi connectivity index (χ4n) is 1.70. The molecule has 0 aromatic heterocycles. The standard InChI is InChI=1S/C15H14BrClO2/c1-18-10-11-3-2-4-13(7-11)19-14-6-5-12(9-16)15(17)8-14/h2-8H,9-10H2,1H3. The third kappa shape index (κ3) is 3.96. The first-order valence-corrected chi connectivity index (χ1v) is 7.33. The zero-order valence-corrected chi connectivity index (χ0v) is 12.9. The molecule has 0 aliphatic heterocycles. The van der Waals surface area contributed by atoms with E-state index in [4.69, 9.17) is 21.1 Å². The summed E-state index contributed by atoms with van der Waals surface area (Å²) in [5.74, 6) is 1.50. The van der Waals surface area contributed by atoms with Gasteiger partial charge in [0.1, 0.15) is 11.5 Å². The zero-order chi connectivity index (χ0) is 13.7. The minimum Gasteiger partial charge on any atom is -0.457 e. The first kappa shape index (κ1) is 14.4. The first-order chi connectivity index (χ1) is 9.22. The Morgan fingerprint density at radius 1 is 1.11 bits per heavy atom. The van der Waals surface area contributed by atoms with Crippen LogP contribution in [0.25, 0.3) is 0 Å². The predicted octanol–water partition coefficient (Wildman–Crippen LogP) is 5.17. The summed E-state index contributed by atoms with van der Waals surface area (Å²) in [4.78, 5) is 0. The second kappa shape index (κ2) is 6.94. The smallest absolute Gasteiger partial charge is 0.128 e. The maximum absolute atomic E-state index is 6.15. The molecular weight excluding hydrogens is 328 g/mol. The molecule has 0 N–H and O–H groups in total. The van der Waals surface area contributed by atoms with Gasteiger partial charge < -0.3 is 9.47 Å². The Bertz CT molecular complexity index is 558. The van der Waals surface area contributed by atoms with Crippen LogP contribution in [0.5, 0.6) is 11.5 Å². The molecule has 0 saturated carbocycles. The van der Waals surface area contributed by atoms with Crippen molar-refractivity contribution in [2.45, 2.75) is 11.9 Å². The molecule has 0 fully saturated rings. The highest BCUT2D eigenvalue weighted by atomic mass is 79.9. The lowest BCUT2D eigenvalue weighted by molar-refractivity contribution is 0.184. The quantitative estimate of drug-likeness (QED) is 0.698. The molecule has 0 atom stereocenters. The molecule has 0 aliphatic rings. The summed E-state index contributed by atoms with van der Waals surface area (Å²) in [5, 5.41) is 1.43. The fourth-order valence-corrected chi connectivity index (χ4v) is 2.59. The number of methoxy groups -OCH3 is 1. The van der Waals surface area contributed by atoms with Gasteiger partial charge in [-0.15, -0.1) is 0 Å². The van der Waals surface area contributed by atoms with Gasteiger partial charge >= 0.3 is 0 Å². The summed E-state index contributed by atoms with van der Waals surface area (Å²) in [6.45, 7) is 0.570. The summed E-state index contributed by atoms with van der Waals surface area (Å²) >= 11 is 9.53. The first-order valence-electron chi connectivity index (χ1n) is 5.83. The molecule has 0 bridgehead atoms. The Kier molecular flexibility index (Phi) is 5.25. The molecule has 0 unspecified atom stereocenters. The molecule has 2 nitrogen and oxygen atoms in total. The summed E-state index contributed by atoms with van der Waals surface area (Å²) in [5.41, 5.74) is 2.12. The van der Waals surface area contributed by atoms with Crippen molar-refractivity contribution in [1.29, 1.82) is 0 Å². The van der Waals surface area contributed by atoms with Crippen LogP contribution in [0.4, 0.5) is 0 Å². The van der Waals surface area contributed by atoms with Gasteiger partial charge in [-0.2, -0.15) is 0 Å². The van der Waals surface area contributed by atoms with Crippen molar-refractivity contribution in [1.82, 2.24) is 0 Å². The van der Waals surface area contributed by atoms with Crippen LogP contribution in [-0.4, -0.2) is 7.11 Å². The van der Waals surface area contributed by atoms with Crippen LogP contribution in [0.1, 0.15) is 11.1 Å². The van der Waals surface area contributed by atoms with Gasteiger partial charge in [0.2, 0.25) is 0 Å². The molecule has 0 heterocycles. The zero-order valence-electron chi connectivity index (χ0n) is 10.5. The van der Waals surface area contributed by atoms with E-state index in [1.807, 2.05) is 42.5 Å². The minimum absolute atomic E-state index is 0.570. The van der Waals surface area contributed by atoms with Crippen LogP contribution in [0.15, 0.2) is 42.5 Å². The van der Waals surface area contributed by atoms with Gasteiger partial charge in [-0.25, -0.2) is 0 Å². The number of alkyl halides is 1. The maximum atomic E-state index is 6.15. The molecule has 100 valence electrons. The van der Waals surface area contributed by atoms with Crippen LogP contribution in [0.3, 0.4) is 0 Å². The molecule has 2 rings (SSSR count). The maximum Gasteiger partial charge on any atom is 0.128 e. The molecule has 0 aliphatic carbocycles. The van der Waals surface area contributed by atoms with Gasteiger partial charge in [-0.05, 0) is 35.4 Å². The van der Waals surface area contributed by atoms with Gasteiger partial charge in [-0.3, -0.25) is 0 Å². The lowest BCUT2D eigenvalue weighted by atomic mass is 10.2. The Balaban J connectivity index is 2.16. The Morgan fingerprint density at radius 3 is 2.58 bits per heavy atom. The van der Waals surface area contributed by atoms with E-state index >= 15 is 0 Å². The summed E-state index contributed by atoms with van der Waals surface area (Å²) in [7, 11) is 1.67. The molecule has 0 spiro atoms. The van der Waals surface area contributed by atoms with E-state index < -0.39 is 0 Å². The van der Waals surface area contributed by atoms with Crippen molar-refractivity contribution < 1.29 is 9.47 Å². The van der Waals surface area contributed by atoms with Crippen LogP contribution in [0.2, 0.25) is 5.02 Å². The van der Waals surface area contributed by atoms with Crippen LogP contribution in [-0.2, 0) is 16.7 Å². The molecular formula is C15H14BrClO2. The number of rotatable bonds is 5. The van der Waals surface area contributed by atoms with Crippen molar-refractivity contribution in [3.05, 3.63) is 58.6 Å². The highest BCUT2D eigenvalue weighted by Crippen LogP contribution is 2.28. The lowest BCUT2D eigenvalue weighted by Gasteiger charge is -2.09. The molecule has 0 amide bonds. The average molecular weight is 342 g/mol. The van der Waals surface area contributed by atoms with E-state index in [2.05, 4.69) is 15.9 Å². The SMILES string of the molecule is COCc1cccc(Oc2ccc(CBr)c(Cl)c2)c1. The molecule has 0 saturated heterocycles. The molecule has 2 aromatic rings. The largest absolute Gasteiger partial charge is 0.457 e. The number of halogens is 2. The second-order valence-corrected chi connectivity index (χ2v) is 5.04. The van der Waals surface area contributed by atoms with E-state index in [0.29, 0.717) is 11.6 Å².